The second-order valence-electron chi connectivity index (χ2n) is 3.33. The number of hydrazine groups is 1. The molecule has 3 N–H and O–H groups in total. The van der Waals surface area contributed by atoms with Gasteiger partial charge in [-0.2, -0.15) is 0 Å². The first-order chi connectivity index (χ1) is 7.69. The van der Waals surface area contributed by atoms with E-state index in [4.69, 9.17) is 10.6 Å². The number of benzene rings is 1. The lowest BCUT2D eigenvalue weighted by molar-refractivity contribution is 0.0953. The smallest absolute Gasteiger partial charge is 0.265 e. The Morgan fingerprint density at radius 3 is 2.88 bits per heavy atom. The number of nitrogen functional groups attached to an aromatic ring is 1. The summed E-state index contributed by atoms with van der Waals surface area (Å²) >= 11 is 3.40. The van der Waals surface area contributed by atoms with Gasteiger partial charge in [-0.3, -0.25) is 10.2 Å². The Kier molecular flexibility index (Phi) is 5.45. The van der Waals surface area contributed by atoms with Gasteiger partial charge in [-0.1, -0.05) is 28.9 Å². The predicted octanol–water partition coefficient (Wildman–Crippen LogP) is 1.98. The van der Waals surface area contributed by atoms with Crippen molar-refractivity contribution in [2.45, 2.75) is 20.0 Å². The van der Waals surface area contributed by atoms with Crippen molar-refractivity contribution in [1.82, 2.24) is 5.43 Å². The molecule has 0 heterocycles. The molecule has 0 aromatic heterocycles. The molecule has 5 heteroatoms. The molecule has 0 aliphatic rings. The van der Waals surface area contributed by atoms with Crippen LogP contribution < -0.4 is 11.3 Å². The molecule has 1 aromatic carbocycles. The van der Waals surface area contributed by atoms with Crippen molar-refractivity contribution >= 4 is 21.8 Å². The zero-order valence-electron chi connectivity index (χ0n) is 9.13. The van der Waals surface area contributed by atoms with Gasteiger partial charge in [0.25, 0.3) is 5.91 Å². The summed E-state index contributed by atoms with van der Waals surface area (Å²) in [6.07, 6.45) is 0.991. The summed E-state index contributed by atoms with van der Waals surface area (Å²) in [5, 5.41) is 0. The topological polar surface area (TPSA) is 64.3 Å². The van der Waals surface area contributed by atoms with Crippen molar-refractivity contribution in [1.29, 1.82) is 0 Å². The van der Waals surface area contributed by atoms with Crippen molar-refractivity contribution in [3.05, 3.63) is 33.8 Å². The molecule has 16 heavy (non-hydrogen) atoms. The quantitative estimate of drug-likeness (QED) is 0.377. The van der Waals surface area contributed by atoms with Crippen LogP contribution in [0.25, 0.3) is 0 Å². The maximum absolute atomic E-state index is 11.2. The molecule has 0 atom stereocenters. The van der Waals surface area contributed by atoms with Gasteiger partial charge >= 0.3 is 0 Å². The van der Waals surface area contributed by atoms with Crippen LogP contribution in [0.5, 0.6) is 0 Å². The van der Waals surface area contributed by atoms with Gasteiger partial charge in [0.2, 0.25) is 0 Å². The zero-order valence-corrected chi connectivity index (χ0v) is 10.7. The third kappa shape index (κ3) is 3.59. The number of nitrogens with one attached hydrogen (secondary N) is 1. The van der Waals surface area contributed by atoms with Gasteiger partial charge < -0.3 is 4.74 Å². The van der Waals surface area contributed by atoms with E-state index < -0.39 is 0 Å². The molecule has 0 aliphatic heterocycles. The predicted molar refractivity (Wildman–Crippen MR) is 65.7 cm³/mol. The van der Waals surface area contributed by atoms with Crippen LogP contribution in [-0.2, 0) is 11.3 Å². The number of ether oxygens (including phenoxy) is 1. The summed E-state index contributed by atoms with van der Waals surface area (Å²) in [6.45, 7) is 3.33. The number of halogens is 1. The molecule has 0 aliphatic carbocycles. The van der Waals surface area contributed by atoms with E-state index in [0.717, 1.165) is 23.1 Å². The number of nitrogens with two attached hydrogens (primary N) is 1. The largest absolute Gasteiger partial charge is 0.377 e. The molecule has 0 fully saturated rings. The highest BCUT2D eigenvalue weighted by Crippen LogP contribution is 2.19. The van der Waals surface area contributed by atoms with Gasteiger partial charge in [0, 0.05) is 16.6 Å². The first kappa shape index (κ1) is 13.2. The third-order valence-electron chi connectivity index (χ3n) is 2.05. The minimum absolute atomic E-state index is 0.304. The maximum Gasteiger partial charge on any atom is 0.265 e. The summed E-state index contributed by atoms with van der Waals surface area (Å²) in [5.74, 6) is 4.75. The highest BCUT2D eigenvalue weighted by molar-refractivity contribution is 9.10. The van der Waals surface area contributed by atoms with Gasteiger partial charge in [-0.15, -0.1) is 0 Å². The summed E-state index contributed by atoms with van der Waals surface area (Å²) in [7, 11) is 0. The van der Waals surface area contributed by atoms with Crippen LogP contribution >= 0.6 is 15.9 Å². The first-order valence-electron chi connectivity index (χ1n) is 5.06. The van der Waals surface area contributed by atoms with E-state index in [9.17, 15) is 4.79 Å². The van der Waals surface area contributed by atoms with Crippen LogP contribution in [0, 0.1) is 0 Å². The van der Waals surface area contributed by atoms with E-state index in [1.54, 1.807) is 12.1 Å². The molecule has 1 amide bonds. The van der Waals surface area contributed by atoms with Crippen molar-refractivity contribution < 1.29 is 9.53 Å². The lowest BCUT2D eigenvalue weighted by Crippen LogP contribution is -2.29. The highest BCUT2D eigenvalue weighted by Gasteiger charge is 2.06. The average molecular weight is 287 g/mol. The molecule has 88 valence electrons. The van der Waals surface area contributed by atoms with Gasteiger partial charge in [0.15, 0.2) is 0 Å². The van der Waals surface area contributed by atoms with E-state index in [0.29, 0.717) is 12.2 Å². The Bertz CT molecular complexity index is 369. The highest BCUT2D eigenvalue weighted by atomic mass is 79.9. The lowest BCUT2D eigenvalue weighted by Gasteiger charge is -2.07. The average Bonchev–Trinajstić information content (AvgIpc) is 2.30. The van der Waals surface area contributed by atoms with Crippen LogP contribution in [0.2, 0.25) is 0 Å². The van der Waals surface area contributed by atoms with E-state index in [2.05, 4.69) is 28.3 Å². The Labute approximate surface area is 103 Å². The van der Waals surface area contributed by atoms with Crippen LogP contribution in [0.4, 0.5) is 0 Å². The monoisotopic (exact) mass is 286 g/mol. The first-order valence-corrected chi connectivity index (χ1v) is 5.85. The fraction of sp³-hybridized carbons (Fsp3) is 0.364. The SMILES string of the molecule is CCCOCc1ccc(C(=O)NN)cc1Br. The summed E-state index contributed by atoms with van der Waals surface area (Å²) in [4.78, 5) is 11.2. The van der Waals surface area contributed by atoms with Gasteiger partial charge in [0.05, 0.1) is 6.61 Å². The normalized spacial score (nSPS) is 10.2. The molecular weight excluding hydrogens is 272 g/mol. The number of carbonyl (C=O) groups is 1. The fourth-order valence-electron chi connectivity index (χ4n) is 1.22. The van der Waals surface area contributed by atoms with Crippen molar-refractivity contribution in [2.75, 3.05) is 6.61 Å². The zero-order chi connectivity index (χ0) is 12.0. The summed E-state index contributed by atoms with van der Waals surface area (Å²) < 4.78 is 6.27. The summed E-state index contributed by atoms with van der Waals surface area (Å²) in [5.41, 5.74) is 3.63. The molecule has 0 saturated carbocycles. The fourth-order valence-corrected chi connectivity index (χ4v) is 1.71. The van der Waals surface area contributed by atoms with E-state index in [-0.39, 0.29) is 5.91 Å². The van der Waals surface area contributed by atoms with Crippen molar-refractivity contribution in [2.24, 2.45) is 5.84 Å². The molecule has 1 aromatic rings. The Morgan fingerprint density at radius 2 is 2.31 bits per heavy atom. The Morgan fingerprint density at radius 1 is 1.56 bits per heavy atom. The van der Waals surface area contributed by atoms with E-state index in [1.807, 2.05) is 6.07 Å². The van der Waals surface area contributed by atoms with Crippen LogP contribution in [-0.4, -0.2) is 12.5 Å². The number of rotatable bonds is 5. The van der Waals surface area contributed by atoms with Crippen LogP contribution in [0.3, 0.4) is 0 Å². The van der Waals surface area contributed by atoms with E-state index in [1.165, 1.54) is 0 Å². The van der Waals surface area contributed by atoms with Crippen molar-refractivity contribution in [3.63, 3.8) is 0 Å². The molecule has 0 spiro atoms. The second-order valence-corrected chi connectivity index (χ2v) is 4.19. The summed E-state index contributed by atoms with van der Waals surface area (Å²) in [6, 6.07) is 5.30. The molecule has 0 bridgehead atoms. The Hall–Kier alpha value is -0.910. The number of hydrogen-bond donors (Lipinski definition) is 2. The molecule has 1 rings (SSSR count). The van der Waals surface area contributed by atoms with Crippen LogP contribution in [0.15, 0.2) is 22.7 Å². The van der Waals surface area contributed by atoms with Crippen LogP contribution in [0.1, 0.15) is 29.3 Å². The number of amides is 1. The van der Waals surface area contributed by atoms with Gasteiger partial charge in [-0.05, 0) is 24.1 Å². The molecule has 0 unspecified atom stereocenters. The van der Waals surface area contributed by atoms with Gasteiger partial charge in [-0.25, -0.2) is 5.84 Å². The van der Waals surface area contributed by atoms with E-state index >= 15 is 0 Å². The molecule has 0 radical (unpaired) electrons. The lowest BCUT2D eigenvalue weighted by atomic mass is 10.1. The molecular formula is C11H15BrN2O2. The maximum atomic E-state index is 11.2. The molecule has 4 nitrogen and oxygen atoms in total. The third-order valence-corrected chi connectivity index (χ3v) is 2.79. The minimum atomic E-state index is -0.304. The van der Waals surface area contributed by atoms with Crippen molar-refractivity contribution in [3.8, 4) is 0 Å². The number of hydrogen-bond acceptors (Lipinski definition) is 3. The second kappa shape index (κ2) is 6.62. The minimum Gasteiger partial charge on any atom is -0.377 e. The van der Waals surface area contributed by atoms with Gasteiger partial charge in [0.1, 0.15) is 0 Å². The Balaban J connectivity index is 2.71. The molecule has 0 saturated heterocycles. The number of carbonyl (C=O) groups excluding carboxylic acids is 1. The standard InChI is InChI=1S/C11H15BrN2O2/c1-2-5-16-7-9-4-3-8(6-10(9)12)11(15)14-13/h3-4,6H,2,5,7,13H2,1H3,(H,14,15).